The number of carbonyl (C=O) groups is 2. The Morgan fingerprint density at radius 3 is 0.864 bits per heavy atom. The summed E-state index contributed by atoms with van der Waals surface area (Å²) in [6.07, 6.45) is 40.8. The van der Waals surface area contributed by atoms with E-state index >= 15 is 0 Å². The molecular weight excluding hydrogens is 1000 g/mol. The number of aliphatic imine (C=N–C) groups is 2. The summed E-state index contributed by atoms with van der Waals surface area (Å²) in [5.41, 5.74) is 4.20. The lowest BCUT2D eigenvalue weighted by atomic mass is 10.0. The van der Waals surface area contributed by atoms with E-state index in [0.29, 0.717) is 47.3 Å². The van der Waals surface area contributed by atoms with Crippen LogP contribution in [0, 0.1) is 0 Å². The minimum atomic E-state index is -0.420. The number of unbranched alkanes of at least 4 members (excludes halogenated alkanes) is 26. The Bertz CT molecular complexity index is 2480. The highest BCUT2D eigenvalue weighted by atomic mass is 16.5. The van der Waals surface area contributed by atoms with Gasteiger partial charge in [0.25, 0.3) is 0 Å². The second-order valence-electron chi connectivity index (χ2n) is 21.5. The van der Waals surface area contributed by atoms with Crippen LogP contribution in [-0.2, 0) is 0 Å². The molecule has 0 amide bonds. The van der Waals surface area contributed by atoms with Gasteiger partial charge in [-0.3, -0.25) is 9.98 Å². The number of ether oxygens (including phenoxy) is 5. The molecule has 81 heavy (non-hydrogen) atoms. The molecule has 0 spiro atoms. The van der Waals surface area contributed by atoms with Gasteiger partial charge in [-0.1, -0.05) is 181 Å². The van der Waals surface area contributed by atoms with Crippen LogP contribution in [0.3, 0.4) is 0 Å². The predicted octanol–water partition coefficient (Wildman–Crippen LogP) is 21.1. The van der Waals surface area contributed by atoms with Gasteiger partial charge in [-0.15, -0.1) is 0 Å². The molecule has 0 atom stereocenters. The molecule has 0 bridgehead atoms. The van der Waals surface area contributed by atoms with Crippen LogP contribution in [-0.4, -0.2) is 37.6 Å². The Kier molecular flexibility index (Phi) is 30.7. The van der Waals surface area contributed by atoms with E-state index < -0.39 is 11.9 Å². The van der Waals surface area contributed by atoms with E-state index in [1.54, 1.807) is 61.0 Å². The van der Waals surface area contributed by atoms with Crippen LogP contribution in [0.5, 0.6) is 34.5 Å². The van der Waals surface area contributed by atoms with Gasteiger partial charge in [0.15, 0.2) is 0 Å². The van der Waals surface area contributed by atoms with E-state index in [1.165, 1.54) is 167 Å². The van der Waals surface area contributed by atoms with Crippen molar-refractivity contribution in [2.75, 3.05) is 13.2 Å². The van der Waals surface area contributed by atoms with Gasteiger partial charge in [-0.25, -0.2) is 9.59 Å². The molecule has 0 N–H and O–H groups in total. The van der Waals surface area contributed by atoms with Gasteiger partial charge < -0.3 is 23.7 Å². The molecule has 9 nitrogen and oxygen atoms in total. The molecule has 0 heterocycles. The lowest BCUT2D eigenvalue weighted by Gasteiger charge is -2.08. The van der Waals surface area contributed by atoms with Crippen molar-refractivity contribution in [3.8, 4) is 34.5 Å². The van der Waals surface area contributed by atoms with Crippen molar-refractivity contribution in [3.63, 3.8) is 0 Å². The summed E-state index contributed by atoms with van der Waals surface area (Å²) in [6, 6.07) is 43.8. The maximum atomic E-state index is 12.9. The minimum absolute atomic E-state index is 0.420. The lowest BCUT2D eigenvalue weighted by Crippen LogP contribution is -2.08. The first kappa shape index (κ1) is 63.2. The second kappa shape index (κ2) is 39.4. The molecule has 0 aromatic heterocycles. The summed E-state index contributed by atoms with van der Waals surface area (Å²) in [6.45, 7) is 5.92. The van der Waals surface area contributed by atoms with Crippen molar-refractivity contribution in [3.05, 3.63) is 168 Å². The molecule has 0 aliphatic heterocycles. The van der Waals surface area contributed by atoms with Crippen molar-refractivity contribution < 1.29 is 33.3 Å². The predicted molar refractivity (Wildman–Crippen MR) is 335 cm³/mol. The normalized spacial score (nSPS) is 11.3. The number of esters is 2. The molecule has 6 rings (SSSR count). The van der Waals surface area contributed by atoms with Crippen LogP contribution in [0.25, 0.3) is 0 Å². The van der Waals surface area contributed by atoms with Crippen LogP contribution in [0.2, 0.25) is 0 Å². The first-order chi connectivity index (χ1) is 39.9. The van der Waals surface area contributed by atoms with Crippen LogP contribution >= 0.6 is 0 Å². The van der Waals surface area contributed by atoms with Gasteiger partial charge in [0.2, 0.25) is 0 Å². The summed E-state index contributed by atoms with van der Waals surface area (Å²) < 4.78 is 29.2. The van der Waals surface area contributed by atoms with Gasteiger partial charge in [0, 0.05) is 12.4 Å². The van der Waals surface area contributed by atoms with E-state index in [9.17, 15) is 9.59 Å². The SMILES string of the molecule is CCCCCCCCCCCCCCCCOc1ccc(C(=O)Oc2ccc(C=Nc3ccc(Oc4ccc(N=Cc5ccc(OC(=O)c6ccc(OCCCCCCCCCCCCCCCC)cc6)cc5)cc4)cc3)cc2)cc1. The third-order valence-corrected chi connectivity index (χ3v) is 14.5. The zero-order valence-corrected chi connectivity index (χ0v) is 49.0. The highest BCUT2D eigenvalue weighted by Crippen LogP contribution is 2.27. The quantitative estimate of drug-likeness (QED) is 0.0163. The molecule has 6 aromatic rings. The third-order valence-electron chi connectivity index (χ3n) is 14.5. The second-order valence-corrected chi connectivity index (χ2v) is 21.5. The molecule has 9 heteroatoms. The van der Waals surface area contributed by atoms with Gasteiger partial charge in [0.1, 0.15) is 34.5 Å². The van der Waals surface area contributed by atoms with Gasteiger partial charge >= 0.3 is 11.9 Å². The zero-order chi connectivity index (χ0) is 56.6. The Labute approximate surface area is 486 Å². The fourth-order valence-electron chi connectivity index (χ4n) is 9.56. The maximum Gasteiger partial charge on any atom is 0.343 e. The van der Waals surface area contributed by atoms with Crippen molar-refractivity contribution in [2.45, 2.75) is 194 Å². The summed E-state index contributed by atoms with van der Waals surface area (Å²) in [7, 11) is 0. The first-order valence-electron chi connectivity index (χ1n) is 31.0. The minimum Gasteiger partial charge on any atom is -0.494 e. The van der Waals surface area contributed by atoms with Crippen molar-refractivity contribution in [1.82, 2.24) is 0 Å². The van der Waals surface area contributed by atoms with Crippen LogP contribution in [0.4, 0.5) is 11.4 Å². The third kappa shape index (κ3) is 26.9. The summed E-state index contributed by atoms with van der Waals surface area (Å²) in [4.78, 5) is 35.0. The smallest absolute Gasteiger partial charge is 0.343 e. The Hall–Kier alpha value is -7.00. The number of hydrogen-bond acceptors (Lipinski definition) is 9. The fourth-order valence-corrected chi connectivity index (χ4v) is 9.56. The van der Waals surface area contributed by atoms with Crippen molar-refractivity contribution in [1.29, 1.82) is 0 Å². The molecule has 432 valence electrons. The van der Waals surface area contributed by atoms with Gasteiger partial charge in [0.05, 0.1) is 35.7 Å². The van der Waals surface area contributed by atoms with Gasteiger partial charge in [-0.05, 0) is 170 Å². The van der Waals surface area contributed by atoms with Gasteiger partial charge in [-0.2, -0.15) is 0 Å². The fraction of sp³-hybridized carbons (Fsp3) is 0.444. The maximum absolute atomic E-state index is 12.9. The molecule has 0 aliphatic carbocycles. The first-order valence-corrected chi connectivity index (χ1v) is 31.0. The van der Waals surface area contributed by atoms with E-state index in [4.69, 9.17) is 23.7 Å². The lowest BCUT2D eigenvalue weighted by molar-refractivity contribution is 0.0725. The topological polar surface area (TPSA) is 105 Å². The number of rotatable bonds is 42. The summed E-state index contributed by atoms with van der Waals surface area (Å²) in [5.74, 6) is 2.95. The average Bonchev–Trinajstić information content (AvgIpc) is 3.50. The average molecular weight is 1100 g/mol. The monoisotopic (exact) mass is 1100 g/mol. The largest absolute Gasteiger partial charge is 0.494 e. The Morgan fingerprint density at radius 1 is 0.309 bits per heavy atom. The number of benzene rings is 6. The highest BCUT2D eigenvalue weighted by Gasteiger charge is 2.11. The molecule has 0 fully saturated rings. The van der Waals surface area contributed by atoms with Crippen LogP contribution in [0.15, 0.2) is 156 Å². The molecular formula is C72H92N2O7. The standard InChI is InChI=1S/C72H92N2O7/c1-3-5-7-9-11-13-15-17-19-21-23-25-27-29-55-77-65-47-35-61(36-48-65)71(75)80-69-43-31-59(32-44-69)57-73-63-39-51-67(52-40-63)79-68-53-41-64(42-54-68)74-58-60-33-45-70(46-34-60)81-72(76)62-37-49-66(50-38-62)78-56-30-28-26-24-22-20-18-16-14-12-10-8-6-4-2/h31-54,57-58H,3-30,55-56H2,1-2H3. The molecule has 0 radical (unpaired) electrons. The molecule has 0 aliphatic rings. The molecule has 6 aromatic carbocycles. The van der Waals surface area contributed by atoms with Crippen molar-refractivity contribution >= 4 is 35.7 Å². The zero-order valence-electron chi connectivity index (χ0n) is 49.0. The molecule has 0 saturated heterocycles. The Morgan fingerprint density at radius 2 is 0.568 bits per heavy atom. The van der Waals surface area contributed by atoms with Crippen LogP contribution < -0.4 is 23.7 Å². The van der Waals surface area contributed by atoms with E-state index in [-0.39, 0.29) is 0 Å². The molecule has 0 saturated carbocycles. The van der Waals surface area contributed by atoms with E-state index in [0.717, 1.165) is 46.8 Å². The number of carbonyl (C=O) groups excluding carboxylic acids is 2. The van der Waals surface area contributed by atoms with Crippen LogP contribution in [0.1, 0.15) is 225 Å². The highest BCUT2D eigenvalue weighted by molar-refractivity contribution is 5.92. The number of hydrogen-bond donors (Lipinski definition) is 0. The van der Waals surface area contributed by atoms with Crippen molar-refractivity contribution in [2.24, 2.45) is 9.98 Å². The summed E-state index contributed by atoms with van der Waals surface area (Å²) in [5, 5.41) is 0. The Balaban J connectivity index is 0.800. The summed E-state index contributed by atoms with van der Waals surface area (Å²) >= 11 is 0. The number of nitrogens with zero attached hydrogens (tertiary/aromatic N) is 2. The van der Waals surface area contributed by atoms with E-state index in [2.05, 4.69) is 23.8 Å². The van der Waals surface area contributed by atoms with E-state index in [1.807, 2.05) is 97.1 Å². The molecule has 0 unspecified atom stereocenters.